The summed E-state index contributed by atoms with van der Waals surface area (Å²) in [5.41, 5.74) is 0.988. The molecule has 1 fully saturated rings. The van der Waals surface area contributed by atoms with Crippen LogP contribution in [0.3, 0.4) is 0 Å². The number of aliphatic hydroxyl groups excluding tert-OH is 1. The Labute approximate surface area is 169 Å². The highest BCUT2D eigenvalue weighted by atomic mass is 16.5. The normalized spacial score (nSPS) is 16.4. The van der Waals surface area contributed by atoms with E-state index in [9.17, 15) is 9.90 Å². The number of carbonyl (C=O) groups is 1. The molecule has 1 aliphatic rings. The monoisotopic (exact) mass is 392 g/mol. The van der Waals surface area contributed by atoms with Crippen molar-refractivity contribution in [1.29, 1.82) is 0 Å². The lowest BCUT2D eigenvalue weighted by molar-refractivity contribution is -0.144. The second-order valence-electron chi connectivity index (χ2n) is 7.78. The van der Waals surface area contributed by atoms with Crippen molar-refractivity contribution in [3.63, 3.8) is 0 Å². The van der Waals surface area contributed by atoms with Crippen LogP contribution < -0.4 is 4.74 Å². The Kier molecular flexibility index (Phi) is 9.75. The molecule has 0 saturated heterocycles. The maximum Gasteiger partial charge on any atom is 0.320 e. The number of benzene rings is 1. The third kappa shape index (κ3) is 7.78. The van der Waals surface area contributed by atoms with E-state index in [2.05, 4.69) is 11.9 Å². The molecule has 1 aromatic carbocycles. The Morgan fingerprint density at radius 1 is 1.21 bits per heavy atom. The molecule has 6 heteroatoms. The molecule has 158 valence electrons. The van der Waals surface area contributed by atoms with Crippen molar-refractivity contribution in [1.82, 2.24) is 9.80 Å². The van der Waals surface area contributed by atoms with Gasteiger partial charge in [-0.2, -0.15) is 0 Å². The second-order valence-corrected chi connectivity index (χ2v) is 7.78. The van der Waals surface area contributed by atoms with E-state index in [1.165, 1.54) is 32.1 Å². The van der Waals surface area contributed by atoms with Gasteiger partial charge in [-0.05, 0) is 39.9 Å². The zero-order chi connectivity index (χ0) is 20.4. The molecule has 1 saturated carbocycles. The summed E-state index contributed by atoms with van der Waals surface area (Å²) in [6.07, 6.45) is 5.82. The first-order chi connectivity index (χ1) is 13.5. The number of carbonyl (C=O) groups excluding carboxylic acids is 1. The first-order valence-electron chi connectivity index (χ1n) is 10.4. The number of para-hydroxylation sites is 1. The number of hydrogen-bond donors (Lipinski definition) is 1. The summed E-state index contributed by atoms with van der Waals surface area (Å²) in [6, 6.07) is 8.34. The van der Waals surface area contributed by atoms with E-state index >= 15 is 0 Å². The topological polar surface area (TPSA) is 62.2 Å². The summed E-state index contributed by atoms with van der Waals surface area (Å²) in [6.45, 7) is 3.88. The second kappa shape index (κ2) is 12.0. The van der Waals surface area contributed by atoms with Crippen LogP contribution in [0.4, 0.5) is 0 Å². The lowest BCUT2D eigenvalue weighted by Crippen LogP contribution is -2.40. The van der Waals surface area contributed by atoms with Crippen LogP contribution in [0.5, 0.6) is 5.75 Å². The highest BCUT2D eigenvalue weighted by Gasteiger charge is 2.20. The molecular formula is C22H36N2O4. The molecule has 1 aromatic rings. The summed E-state index contributed by atoms with van der Waals surface area (Å²) < 4.78 is 10.9. The average molecular weight is 393 g/mol. The van der Waals surface area contributed by atoms with Crippen molar-refractivity contribution in [3.05, 3.63) is 29.8 Å². The number of rotatable bonds is 11. The molecule has 0 aliphatic heterocycles. The Balaban J connectivity index is 1.82. The van der Waals surface area contributed by atoms with E-state index in [-0.39, 0.29) is 19.1 Å². The van der Waals surface area contributed by atoms with Gasteiger partial charge in [-0.3, -0.25) is 9.69 Å². The SMILES string of the molecule is CCOC(=O)CN(C)Cc1ccccc1OCC(O)CN(C)C1CCCCC1. The Morgan fingerprint density at radius 3 is 2.64 bits per heavy atom. The van der Waals surface area contributed by atoms with Crippen molar-refractivity contribution in [3.8, 4) is 5.75 Å². The molecule has 0 aromatic heterocycles. The minimum atomic E-state index is -0.530. The largest absolute Gasteiger partial charge is 0.491 e. The number of nitrogens with zero attached hydrogens (tertiary/aromatic N) is 2. The number of ether oxygens (including phenoxy) is 2. The predicted molar refractivity (Wildman–Crippen MR) is 110 cm³/mol. The van der Waals surface area contributed by atoms with Gasteiger partial charge in [0.25, 0.3) is 0 Å². The van der Waals surface area contributed by atoms with Crippen LogP contribution in [0, 0.1) is 0 Å². The van der Waals surface area contributed by atoms with Gasteiger partial charge >= 0.3 is 5.97 Å². The van der Waals surface area contributed by atoms with E-state index in [1.54, 1.807) is 6.92 Å². The predicted octanol–water partition coefficient (Wildman–Crippen LogP) is 2.69. The minimum Gasteiger partial charge on any atom is -0.491 e. The van der Waals surface area contributed by atoms with Crippen molar-refractivity contribution < 1.29 is 19.4 Å². The van der Waals surface area contributed by atoms with Crippen LogP contribution in [0.2, 0.25) is 0 Å². The van der Waals surface area contributed by atoms with Gasteiger partial charge in [-0.1, -0.05) is 37.5 Å². The molecule has 0 amide bonds. The highest BCUT2D eigenvalue weighted by molar-refractivity contribution is 5.71. The zero-order valence-corrected chi connectivity index (χ0v) is 17.6. The fourth-order valence-corrected chi connectivity index (χ4v) is 3.79. The van der Waals surface area contributed by atoms with Crippen molar-refractivity contribution in [2.24, 2.45) is 0 Å². The van der Waals surface area contributed by atoms with Gasteiger partial charge in [0.1, 0.15) is 18.5 Å². The summed E-state index contributed by atoms with van der Waals surface area (Å²) in [4.78, 5) is 15.8. The molecule has 1 N–H and O–H groups in total. The van der Waals surface area contributed by atoms with Crippen molar-refractivity contribution in [2.75, 3.05) is 40.4 Å². The van der Waals surface area contributed by atoms with Crippen LogP contribution in [-0.4, -0.2) is 73.4 Å². The van der Waals surface area contributed by atoms with E-state index in [1.807, 2.05) is 36.2 Å². The van der Waals surface area contributed by atoms with E-state index in [0.29, 0.717) is 25.7 Å². The minimum absolute atomic E-state index is 0.232. The van der Waals surface area contributed by atoms with Gasteiger partial charge in [0, 0.05) is 24.7 Å². The molecule has 1 unspecified atom stereocenters. The van der Waals surface area contributed by atoms with Crippen LogP contribution in [0.25, 0.3) is 0 Å². The van der Waals surface area contributed by atoms with E-state index in [0.717, 1.165) is 11.3 Å². The van der Waals surface area contributed by atoms with E-state index < -0.39 is 6.10 Å². The zero-order valence-electron chi connectivity index (χ0n) is 17.6. The maximum atomic E-state index is 11.6. The van der Waals surface area contributed by atoms with Gasteiger partial charge < -0.3 is 19.5 Å². The Hall–Kier alpha value is -1.63. The molecule has 6 nitrogen and oxygen atoms in total. The van der Waals surface area contributed by atoms with Crippen LogP contribution in [0.1, 0.15) is 44.6 Å². The van der Waals surface area contributed by atoms with Crippen molar-refractivity contribution in [2.45, 2.75) is 57.7 Å². The van der Waals surface area contributed by atoms with Gasteiger partial charge in [0.2, 0.25) is 0 Å². The molecule has 1 atom stereocenters. The fourth-order valence-electron chi connectivity index (χ4n) is 3.79. The first kappa shape index (κ1) is 22.7. The fraction of sp³-hybridized carbons (Fsp3) is 0.682. The first-order valence-corrected chi connectivity index (χ1v) is 10.4. The molecule has 0 spiro atoms. The van der Waals surface area contributed by atoms with Crippen LogP contribution in [-0.2, 0) is 16.1 Å². The van der Waals surface area contributed by atoms with Gasteiger partial charge in [-0.15, -0.1) is 0 Å². The molecule has 0 heterocycles. The third-order valence-corrected chi connectivity index (χ3v) is 5.25. The summed E-state index contributed by atoms with van der Waals surface area (Å²) in [7, 11) is 3.97. The maximum absolute atomic E-state index is 11.6. The van der Waals surface area contributed by atoms with Crippen molar-refractivity contribution >= 4 is 5.97 Å². The molecule has 0 bridgehead atoms. The highest BCUT2D eigenvalue weighted by Crippen LogP contribution is 2.22. The standard InChI is InChI=1S/C22H36N2O4/c1-4-27-22(26)16-23(2)14-18-10-8-9-13-21(18)28-17-20(25)15-24(3)19-11-6-5-7-12-19/h8-10,13,19-20,25H,4-7,11-12,14-17H2,1-3H3. The average Bonchev–Trinajstić information content (AvgIpc) is 2.68. The van der Waals surface area contributed by atoms with Gasteiger partial charge in [0.05, 0.1) is 13.2 Å². The van der Waals surface area contributed by atoms with Crippen LogP contribution in [0.15, 0.2) is 24.3 Å². The number of aliphatic hydroxyl groups is 1. The summed E-state index contributed by atoms with van der Waals surface area (Å²) in [5, 5.41) is 10.4. The molecule has 1 aliphatic carbocycles. The van der Waals surface area contributed by atoms with Crippen LogP contribution >= 0.6 is 0 Å². The Morgan fingerprint density at radius 2 is 1.93 bits per heavy atom. The van der Waals surface area contributed by atoms with Gasteiger partial charge in [-0.25, -0.2) is 0 Å². The lowest BCUT2D eigenvalue weighted by Gasteiger charge is -2.32. The molecule has 0 radical (unpaired) electrons. The molecular weight excluding hydrogens is 356 g/mol. The smallest absolute Gasteiger partial charge is 0.320 e. The molecule has 2 rings (SSSR count). The third-order valence-electron chi connectivity index (χ3n) is 5.25. The number of esters is 1. The summed E-state index contributed by atoms with van der Waals surface area (Å²) >= 11 is 0. The molecule has 28 heavy (non-hydrogen) atoms. The number of hydrogen-bond acceptors (Lipinski definition) is 6. The van der Waals surface area contributed by atoms with E-state index in [4.69, 9.17) is 9.47 Å². The lowest BCUT2D eigenvalue weighted by atomic mass is 9.94. The summed E-state index contributed by atoms with van der Waals surface area (Å²) in [5.74, 6) is 0.516. The number of likely N-dealkylation sites (N-methyl/N-ethyl adjacent to an activating group) is 2. The van der Waals surface area contributed by atoms with Gasteiger partial charge in [0.15, 0.2) is 0 Å². The quantitative estimate of drug-likeness (QED) is 0.584. The Bertz CT molecular complexity index is 590.